The van der Waals surface area contributed by atoms with Crippen molar-refractivity contribution >= 4 is 17.3 Å². The van der Waals surface area contributed by atoms with E-state index in [9.17, 15) is 18.8 Å². The van der Waals surface area contributed by atoms with Crippen LogP contribution in [-0.2, 0) is 14.1 Å². The molecule has 1 unspecified atom stereocenters. The average Bonchev–Trinajstić information content (AvgIpc) is 3.01. The van der Waals surface area contributed by atoms with E-state index in [1.54, 1.807) is 31.3 Å². The van der Waals surface area contributed by atoms with Crippen molar-refractivity contribution in [1.29, 1.82) is 0 Å². The van der Waals surface area contributed by atoms with E-state index < -0.39 is 23.0 Å². The van der Waals surface area contributed by atoms with E-state index in [0.29, 0.717) is 33.8 Å². The summed E-state index contributed by atoms with van der Waals surface area (Å²) in [6.07, 6.45) is 0. The van der Waals surface area contributed by atoms with Crippen LogP contribution in [0.4, 0.5) is 10.2 Å². The number of nitrogens with zero attached hydrogens (tertiary/aromatic N) is 2. The van der Waals surface area contributed by atoms with E-state index in [2.05, 4.69) is 5.32 Å². The zero-order valence-electron chi connectivity index (χ0n) is 15.7. The average molecular weight is 389 g/mol. The van der Waals surface area contributed by atoms with Gasteiger partial charge in [-0.15, -0.1) is 0 Å². The van der Waals surface area contributed by atoms with Crippen molar-refractivity contribution in [2.75, 3.05) is 5.32 Å². The van der Waals surface area contributed by atoms with Crippen LogP contribution in [0, 0.1) is 5.82 Å². The fourth-order valence-electron chi connectivity index (χ4n) is 4.28. The predicted molar refractivity (Wildman–Crippen MR) is 106 cm³/mol. The Kier molecular flexibility index (Phi) is 3.52. The minimum Gasteiger partial charge on any atom is -0.340 e. The van der Waals surface area contributed by atoms with Crippen molar-refractivity contribution in [3.05, 3.63) is 103 Å². The number of hydrogen-bond acceptors (Lipinski definition) is 4. The summed E-state index contributed by atoms with van der Waals surface area (Å²) in [7, 11) is 2.95. The molecule has 7 heteroatoms. The molecule has 1 N–H and O–H groups in total. The minimum atomic E-state index is -0.789. The van der Waals surface area contributed by atoms with E-state index >= 15 is 0 Å². The van der Waals surface area contributed by atoms with Crippen molar-refractivity contribution in [1.82, 2.24) is 9.13 Å². The van der Waals surface area contributed by atoms with Crippen molar-refractivity contribution in [3.8, 4) is 0 Å². The Bertz CT molecular complexity index is 1380. The van der Waals surface area contributed by atoms with Crippen LogP contribution in [0.3, 0.4) is 0 Å². The Hall–Kier alpha value is -3.74. The monoisotopic (exact) mass is 389 g/mol. The number of carbonyl (C=O) groups excluding carboxylic acids is 1. The van der Waals surface area contributed by atoms with Gasteiger partial charge in [0.15, 0.2) is 5.78 Å². The molecule has 5 rings (SSSR count). The van der Waals surface area contributed by atoms with Gasteiger partial charge in [0, 0.05) is 36.7 Å². The summed E-state index contributed by atoms with van der Waals surface area (Å²) in [4.78, 5) is 38.9. The number of aromatic nitrogens is 2. The highest BCUT2D eigenvalue weighted by molar-refractivity contribution is 6.23. The predicted octanol–water partition coefficient (Wildman–Crippen LogP) is 2.39. The Morgan fingerprint density at radius 2 is 1.66 bits per heavy atom. The maximum Gasteiger partial charge on any atom is 0.332 e. The zero-order chi connectivity index (χ0) is 20.4. The Morgan fingerprint density at radius 3 is 2.38 bits per heavy atom. The number of anilines is 1. The second kappa shape index (κ2) is 5.88. The molecule has 0 bridgehead atoms. The molecule has 2 heterocycles. The van der Waals surface area contributed by atoms with Gasteiger partial charge in [-0.3, -0.25) is 18.7 Å². The van der Waals surface area contributed by atoms with Crippen LogP contribution in [-0.4, -0.2) is 14.9 Å². The van der Waals surface area contributed by atoms with Crippen LogP contribution in [0.2, 0.25) is 0 Å². The quantitative estimate of drug-likeness (QED) is 0.694. The highest BCUT2D eigenvalue weighted by atomic mass is 19.1. The third-order valence-corrected chi connectivity index (χ3v) is 5.66. The lowest BCUT2D eigenvalue weighted by atomic mass is 9.81. The van der Waals surface area contributed by atoms with Crippen LogP contribution >= 0.6 is 0 Å². The number of halogens is 1. The van der Waals surface area contributed by atoms with Gasteiger partial charge in [0.25, 0.3) is 5.56 Å². The van der Waals surface area contributed by atoms with Crippen molar-refractivity contribution in [2.24, 2.45) is 14.1 Å². The second-order valence-corrected chi connectivity index (χ2v) is 7.24. The first-order chi connectivity index (χ1) is 13.9. The number of allylic oxidation sites excluding steroid dienone is 1. The highest BCUT2D eigenvalue weighted by Crippen LogP contribution is 2.47. The summed E-state index contributed by atoms with van der Waals surface area (Å²) in [5.74, 6) is -1.15. The topological polar surface area (TPSA) is 73.1 Å². The summed E-state index contributed by atoms with van der Waals surface area (Å²) in [5.41, 5.74) is 1.89. The smallest absolute Gasteiger partial charge is 0.332 e. The van der Waals surface area contributed by atoms with Crippen LogP contribution in [0.15, 0.2) is 63.7 Å². The van der Waals surface area contributed by atoms with Crippen molar-refractivity contribution in [2.45, 2.75) is 5.92 Å². The largest absolute Gasteiger partial charge is 0.340 e. The molecule has 1 aliphatic heterocycles. The molecule has 3 aromatic rings. The van der Waals surface area contributed by atoms with Crippen LogP contribution in [0.5, 0.6) is 0 Å². The molecule has 0 amide bonds. The van der Waals surface area contributed by atoms with Gasteiger partial charge in [0.05, 0.1) is 11.3 Å². The molecule has 2 aliphatic rings. The molecule has 0 saturated carbocycles. The number of ketones is 1. The fourth-order valence-corrected chi connectivity index (χ4v) is 4.28. The molecule has 2 aromatic carbocycles. The third kappa shape index (κ3) is 2.24. The summed E-state index contributed by atoms with van der Waals surface area (Å²) >= 11 is 0. The fraction of sp³-hybridized carbons (Fsp3) is 0.136. The minimum absolute atomic E-state index is 0.209. The van der Waals surface area contributed by atoms with Gasteiger partial charge in [-0.1, -0.05) is 36.4 Å². The first kappa shape index (κ1) is 17.4. The number of carbonyl (C=O) groups is 1. The molecule has 0 radical (unpaired) electrons. The molecule has 1 aromatic heterocycles. The number of Topliss-reactive ketones (excluding diaryl/α,β-unsaturated/α-hetero) is 1. The molecule has 0 spiro atoms. The lowest BCUT2D eigenvalue weighted by Gasteiger charge is -2.29. The molecule has 144 valence electrons. The summed E-state index contributed by atoms with van der Waals surface area (Å²) in [6, 6.07) is 13.0. The van der Waals surface area contributed by atoms with Gasteiger partial charge < -0.3 is 5.32 Å². The van der Waals surface area contributed by atoms with Gasteiger partial charge in [0.2, 0.25) is 0 Å². The number of fused-ring (bicyclic) bond motifs is 3. The molecule has 6 nitrogen and oxygen atoms in total. The maximum atomic E-state index is 14.1. The van der Waals surface area contributed by atoms with Gasteiger partial charge in [-0.05, 0) is 17.7 Å². The molecular formula is C22H16FN3O3. The van der Waals surface area contributed by atoms with Gasteiger partial charge in [-0.2, -0.15) is 0 Å². The SMILES string of the molecule is Cn1c2c(c(=O)n(C)c1=O)C(c1cccc(F)c1)C1=C(N2)c2ccccc2C1=O. The van der Waals surface area contributed by atoms with E-state index in [0.717, 1.165) is 4.57 Å². The first-order valence-electron chi connectivity index (χ1n) is 9.10. The van der Waals surface area contributed by atoms with E-state index in [1.807, 2.05) is 12.1 Å². The summed E-state index contributed by atoms with van der Waals surface area (Å²) in [5, 5.41) is 3.15. The van der Waals surface area contributed by atoms with Crippen LogP contribution in [0.1, 0.15) is 33.0 Å². The zero-order valence-corrected chi connectivity index (χ0v) is 15.7. The lowest BCUT2D eigenvalue weighted by Crippen LogP contribution is -2.42. The van der Waals surface area contributed by atoms with Gasteiger partial charge >= 0.3 is 5.69 Å². The van der Waals surface area contributed by atoms with Crippen molar-refractivity contribution in [3.63, 3.8) is 0 Å². The standard InChI is InChI=1S/C22H16FN3O3/c1-25-20-17(21(28)26(2)22(25)29)15(11-6-5-7-12(23)10-11)16-18(24-20)13-8-3-4-9-14(13)19(16)27/h3-10,15,24H,1-2H3. The van der Waals surface area contributed by atoms with E-state index in [1.165, 1.54) is 23.7 Å². The lowest BCUT2D eigenvalue weighted by molar-refractivity contribution is 0.103. The number of rotatable bonds is 1. The Labute approximate surface area is 164 Å². The van der Waals surface area contributed by atoms with Gasteiger partial charge in [-0.25, -0.2) is 9.18 Å². The van der Waals surface area contributed by atoms with Gasteiger partial charge in [0.1, 0.15) is 11.6 Å². The molecule has 0 fully saturated rings. The van der Waals surface area contributed by atoms with Crippen LogP contribution in [0.25, 0.3) is 5.70 Å². The second-order valence-electron chi connectivity index (χ2n) is 7.24. The maximum absolute atomic E-state index is 14.1. The van der Waals surface area contributed by atoms with Crippen molar-refractivity contribution < 1.29 is 9.18 Å². The Balaban J connectivity index is 1.90. The van der Waals surface area contributed by atoms with E-state index in [-0.39, 0.29) is 11.3 Å². The number of nitrogens with one attached hydrogen (secondary N) is 1. The summed E-state index contributed by atoms with van der Waals surface area (Å²) in [6.45, 7) is 0. The third-order valence-electron chi connectivity index (χ3n) is 5.66. The molecule has 1 atom stereocenters. The van der Waals surface area contributed by atoms with E-state index in [4.69, 9.17) is 0 Å². The number of hydrogen-bond donors (Lipinski definition) is 1. The molecule has 1 aliphatic carbocycles. The molecule has 29 heavy (non-hydrogen) atoms. The van der Waals surface area contributed by atoms with Crippen LogP contribution < -0.4 is 16.6 Å². The highest BCUT2D eigenvalue weighted by Gasteiger charge is 2.42. The first-order valence-corrected chi connectivity index (χ1v) is 9.10. The number of benzene rings is 2. The summed E-state index contributed by atoms with van der Waals surface area (Å²) < 4.78 is 16.4. The molecule has 0 saturated heterocycles. The normalized spacial score (nSPS) is 16.9. The Morgan fingerprint density at radius 1 is 0.931 bits per heavy atom. The molecular weight excluding hydrogens is 373 g/mol.